The molecule has 0 heterocycles. The van der Waals surface area contributed by atoms with E-state index in [1.54, 1.807) is 0 Å². The predicted octanol–water partition coefficient (Wildman–Crippen LogP) is 5.43. The number of carbonyl (C=O) groups excluding carboxylic acids is 2. The quantitative estimate of drug-likeness (QED) is 0.271. The molecule has 7 N–H and O–H groups in total. The van der Waals surface area contributed by atoms with Gasteiger partial charge in [0.2, 0.25) is 0 Å². The van der Waals surface area contributed by atoms with Gasteiger partial charge in [0.25, 0.3) is 0 Å². The number of aliphatic hydroxyl groups is 3. The van der Waals surface area contributed by atoms with E-state index >= 15 is 0 Å². The number of hydrogen-bond donors (Lipinski definition) is 5. The van der Waals surface area contributed by atoms with Crippen molar-refractivity contribution >= 4 is 22.9 Å². The van der Waals surface area contributed by atoms with Crippen LogP contribution in [-0.2, 0) is 28.9 Å². The molecule has 0 aromatic heterocycles. The van der Waals surface area contributed by atoms with E-state index in [0.29, 0.717) is 12.3 Å². The number of benzene rings is 2. The van der Waals surface area contributed by atoms with Gasteiger partial charge in [-0.2, -0.15) is 0 Å². The van der Waals surface area contributed by atoms with Crippen LogP contribution in [0.25, 0.3) is 0 Å². The number of rotatable bonds is 6. The fourth-order valence-electron chi connectivity index (χ4n) is 10.0. The highest BCUT2D eigenvalue weighted by atomic mass is 16.3. The van der Waals surface area contributed by atoms with Crippen molar-refractivity contribution in [2.75, 3.05) is 18.1 Å². The Bertz CT molecular complexity index is 1370. The SMILES string of the molecule is CCc1cc(Cc2ccc(N)c(CC)c2)ccc1N.C[C@]12CC[C@@H](O)C[C@H]1CC[C@@H]1[C@@H]2C(=O)C[C@@]2(C)[C@H]1CC[C@]2(O)C(=O)CO. The van der Waals surface area contributed by atoms with Crippen molar-refractivity contribution in [3.05, 3.63) is 58.7 Å². The topological polar surface area (TPSA) is 147 Å². The largest absolute Gasteiger partial charge is 0.399 e. The summed E-state index contributed by atoms with van der Waals surface area (Å²) in [6.07, 6.45) is 8.35. The number of nitrogens with two attached hydrogens (primary N) is 2. The molecule has 8 atom stereocenters. The van der Waals surface area contributed by atoms with Crippen molar-refractivity contribution in [3.63, 3.8) is 0 Å². The van der Waals surface area contributed by atoms with Crippen LogP contribution in [0.4, 0.5) is 11.4 Å². The van der Waals surface area contributed by atoms with Crippen LogP contribution >= 0.6 is 0 Å². The van der Waals surface area contributed by atoms with E-state index < -0.39 is 23.4 Å². The van der Waals surface area contributed by atoms with Crippen molar-refractivity contribution in [1.82, 2.24) is 0 Å². The lowest BCUT2D eigenvalue weighted by atomic mass is 9.44. The van der Waals surface area contributed by atoms with Crippen LogP contribution in [0.5, 0.6) is 0 Å². The minimum atomic E-state index is -1.58. The van der Waals surface area contributed by atoms with Crippen molar-refractivity contribution < 1.29 is 24.9 Å². The maximum absolute atomic E-state index is 13.4. The number of nitrogen functional groups attached to an aromatic ring is 2. The molecule has 0 aliphatic heterocycles. The van der Waals surface area contributed by atoms with Crippen LogP contribution in [0.1, 0.15) is 101 Å². The Labute approximate surface area is 268 Å². The number of aryl methyl sites for hydroxylation is 2. The molecule has 45 heavy (non-hydrogen) atoms. The molecule has 0 radical (unpaired) electrons. The number of hydrogen-bond acceptors (Lipinski definition) is 7. The molecule has 2 aromatic carbocycles. The fraction of sp³-hybridized carbons (Fsp3) is 0.632. The summed E-state index contributed by atoms with van der Waals surface area (Å²) in [7, 11) is 0. The third-order valence-corrected chi connectivity index (χ3v) is 12.7. The molecule has 2 aromatic rings. The molecule has 0 bridgehead atoms. The zero-order valence-corrected chi connectivity index (χ0v) is 27.6. The molecule has 0 amide bonds. The second kappa shape index (κ2) is 12.8. The third kappa shape index (κ3) is 5.85. The maximum atomic E-state index is 13.4. The van der Waals surface area contributed by atoms with Crippen molar-refractivity contribution in [1.29, 1.82) is 0 Å². The molecule has 7 heteroatoms. The summed E-state index contributed by atoms with van der Waals surface area (Å²) in [5.74, 6) is 0.380. The van der Waals surface area contributed by atoms with Crippen LogP contribution < -0.4 is 11.5 Å². The molecule has 0 unspecified atom stereocenters. The van der Waals surface area contributed by atoms with Crippen LogP contribution in [0.3, 0.4) is 0 Å². The minimum Gasteiger partial charge on any atom is -0.399 e. The Morgan fingerprint density at radius 1 is 0.911 bits per heavy atom. The summed E-state index contributed by atoms with van der Waals surface area (Å²) in [5, 5.41) is 30.6. The summed E-state index contributed by atoms with van der Waals surface area (Å²) >= 11 is 0. The Balaban J connectivity index is 0.000000187. The number of aliphatic hydroxyl groups excluding tert-OH is 2. The van der Waals surface area contributed by atoms with Crippen LogP contribution in [-0.4, -0.2) is 45.2 Å². The molecule has 4 saturated carbocycles. The van der Waals surface area contributed by atoms with Crippen molar-refractivity contribution in [2.45, 2.75) is 110 Å². The highest BCUT2D eigenvalue weighted by Crippen LogP contribution is 2.67. The van der Waals surface area contributed by atoms with Gasteiger partial charge in [-0.25, -0.2) is 0 Å². The van der Waals surface area contributed by atoms with E-state index in [1.165, 1.54) is 22.3 Å². The number of ketones is 2. The lowest BCUT2D eigenvalue weighted by Crippen LogP contribution is -2.62. The van der Waals surface area contributed by atoms with E-state index in [2.05, 4.69) is 45.0 Å². The van der Waals surface area contributed by atoms with E-state index in [-0.39, 0.29) is 41.5 Å². The number of Topliss-reactive ketones (excluding diaryl/α,β-unsaturated/α-hetero) is 2. The Morgan fingerprint density at radius 2 is 1.51 bits per heavy atom. The lowest BCUT2D eigenvalue weighted by molar-refractivity contribution is -0.180. The molecule has 4 fully saturated rings. The first-order valence-corrected chi connectivity index (χ1v) is 17.1. The lowest BCUT2D eigenvalue weighted by Gasteiger charge is -2.60. The third-order valence-electron chi connectivity index (χ3n) is 12.7. The van der Waals surface area contributed by atoms with E-state index in [9.17, 15) is 24.9 Å². The first-order chi connectivity index (χ1) is 21.3. The maximum Gasteiger partial charge on any atom is 0.190 e. The summed E-state index contributed by atoms with van der Waals surface area (Å²) in [6.45, 7) is 7.73. The van der Waals surface area contributed by atoms with Gasteiger partial charge in [0, 0.05) is 29.1 Å². The number of anilines is 2. The van der Waals surface area contributed by atoms with Gasteiger partial charge >= 0.3 is 0 Å². The molecule has 246 valence electrons. The van der Waals surface area contributed by atoms with E-state index in [4.69, 9.17) is 11.5 Å². The van der Waals surface area contributed by atoms with E-state index in [1.807, 2.05) is 19.1 Å². The number of fused-ring (bicyclic) bond motifs is 5. The van der Waals surface area contributed by atoms with Crippen LogP contribution in [0, 0.1) is 34.5 Å². The average Bonchev–Trinajstić information content (AvgIpc) is 3.29. The standard InChI is InChI=1S/C21H32O5.C17H22N2/c1-19-7-5-13(23)9-12(19)3-4-14-15-6-8-21(26,17(25)11-22)20(15,2)10-16(24)18(14)19;1-3-14-10-12(5-7-16(14)18)9-13-6-8-17(19)15(4-2)11-13/h12-15,18,22-23,26H,3-11H2,1-2H3;5-8,10-11H,3-4,9,18-19H2,1-2H3/t12-,13-,14+,15+,18-,19+,20+,21+;/m1./s1. The minimum absolute atomic E-state index is 0.0154. The highest BCUT2D eigenvalue weighted by Gasteiger charge is 2.68. The highest BCUT2D eigenvalue weighted by molar-refractivity contribution is 5.92. The van der Waals surface area contributed by atoms with Crippen molar-refractivity contribution in [3.8, 4) is 0 Å². The van der Waals surface area contributed by atoms with Gasteiger partial charge in [-0.15, -0.1) is 0 Å². The molecule has 0 saturated heterocycles. The first kappa shape index (κ1) is 33.6. The fourth-order valence-corrected chi connectivity index (χ4v) is 10.0. The monoisotopic (exact) mass is 618 g/mol. The molecule has 6 rings (SSSR count). The van der Waals surface area contributed by atoms with Gasteiger partial charge in [-0.05, 0) is 122 Å². The summed E-state index contributed by atoms with van der Waals surface area (Å²) in [6, 6.07) is 12.6. The molecular formula is C38H54N2O5. The average molecular weight is 619 g/mol. The van der Waals surface area contributed by atoms with Gasteiger partial charge in [0.15, 0.2) is 5.78 Å². The summed E-state index contributed by atoms with van der Waals surface area (Å²) < 4.78 is 0. The molecule has 7 nitrogen and oxygen atoms in total. The predicted molar refractivity (Wildman–Crippen MR) is 178 cm³/mol. The summed E-state index contributed by atoms with van der Waals surface area (Å²) in [5.41, 5.74) is 16.3. The van der Waals surface area contributed by atoms with Crippen LogP contribution in [0.2, 0.25) is 0 Å². The molecule has 4 aliphatic rings. The first-order valence-electron chi connectivity index (χ1n) is 17.1. The van der Waals surface area contributed by atoms with Gasteiger partial charge in [-0.1, -0.05) is 52.0 Å². The zero-order chi connectivity index (χ0) is 32.7. The molecular weight excluding hydrogens is 564 g/mol. The van der Waals surface area contributed by atoms with Crippen molar-refractivity contribution in [2.24, 2.45) is 34.5 Å². The smallest absolute Gasteiger partial charge is 0.190 e. The summed E-state index contributed by atoms with van der Waals surface area (Å²) in [4.78, 5) is 25.7. The zero-order valence-electron chi connectivity index (χ0n) is 27.6. The normalized spacial score (nSPS) is 35.4. The second-order valence-electron chi connectivity index (χ2n) is 14.9. The molecule has 4 aliphatic carbocycles. The molecule has 0 spiro atoms. The van der Waals surface area contributed by atoms with Gasteiger partial charge in [-0.3, -0.25) is 9.59 Å². The number of carbonyl (C=O) groups is 2. The van der Waals surface area contributed by atoms with E-state index in [0.717, 1.165) is 69.2 Å². The Kier molecular flexibility index (Phi) is 9.57. The Hall–Kier alpha value is -2.74. The second-order valence-corrected chi connectivity index (χ2v) is 14.9. The van der Waals surface area contributed by atoms with Crippen LogP contribution in [0.15, 0.2) is 36.4 Å². The Morgan fingerprint density at radius 3 is 2.07 bits per heavy atom. The van der Waals surface area contributed by atoms with Gasteiger partial charge in [0.05, 0.1) is 6.10 Å². The van der Waals surface area contributed by atoms with Gasteiger partial charge < -0.3 is 26.8 Å². The van der Waals surface area contributed by atoms with Gasteiger partial charge in [0.1, 0.15) is 18.0 Å².